The van der Waals surface area contributed by atoms with Crippen LogP contribution in [0.4, 0.5) is 0 Å². The number of ether oxygens (including phenoxy) is 2. The predicted molar refractivity (Wildman–Crippen MR) is 113 cm³/mol. The van der Waals surface area contributed by atoms with Gasteiger partial charge in [0.15, 0.2) is 12.4 Å². The molecule has 0 spiro atoms. The number of H-pyrrole nitrogens is 1. The molecule has 2 aromatic heterocycles. The highest BCUT2D eigenvalue weighted by Crippen LogP contribution is 2.27. The third-order valence-corrected chi connectivity index (χ3v) is 5.52. The zero-order chi connectivity index (χ0) is 21.2. The van der Waals surface area contributed by atoms with Crippen LogP contribution in [0.2, 0.25) is 0 Å². The molecule has 0 atom stereocenters. The van der Waals surface area contributed by atoms with Crippen LogP contribution in [0.25, 0.3) is 10.9 Å². The van der Waals surface area contributed by atoms with Gasteiger partial charge in [0, 0.05) is 30.2 Å². The number of likely N-dealkylation sites (tertiary alicyclic amines) is 1. The van der Waals surface area contributed by atoms with Crippen LogP contribution in [0.15, 0.2) is 59.3 Å². The van der Waals surface area contributed by atoms with Crippen LogP contribution < -0.4 is 9.47 Å². The molecule has 31 heavy (non-hydrogen) atoms. The lowest BCUT2D eigenvalue weighted by Crippen LogP contribution is -2.49. The molecular weight excluding hydrogens is 396 g/mol. The van der Waals surface area contributed by atoms with Crippen molar-refractivity contribution in [2.45, 2.75) is 18.9 Å². The molecule has 8 heteroatoms. The lowest BCUT2D eigenvalue weighted by molar-refractivity contribution is -0.135. The number of carbonyl (C=O) groups excluding carboxylic acids is 1. The molecule has 1 fully saturated rings. The van der Waals surface area contributed by atoms with E-state index in [4.69, 9.17) is 14.0 Å². The highest BCUT2D eigenvalue weighted by Gasteiger charge is 2.35. The molecule has 2 aromatic carbocycles. The molecule has 1 aliphatic heterocycles. The molecule has 3 heterocycles. The van der Waals surface area contributed by atoms with E-state index < -0.39 is 0 Å². The van der Waals surface area contributed by atoms with Crippen LogP contribution in [-0.4, -0.2) is 46.1 Å². The van der Waals surface area contributed by atoms with E-state index >= 15 is 0 Å². The van der Waals surface area contributed by atoms with Crippen molar-refractivity contribution < 1.29 is 18.8 Å². The number of rotatable bonds is 7. The topological polar surface area (TPSA) is 93.5 Å². The van der Waals surface area contributed by atoms with E-state index in [2.05, 4.69) is 15.1 Å². The van der Waals surface area contributed by atoms with E-state index in [-0.39, 0.29) is 18.4 Å². The van der Waals surface area contributed by atoms with Gasteiger partial charge in [-0.05, 0) is 35.9 Å². The molecule has 4 aromatic rings. The number of para-hydroxylation sites is 1. The van der Waals surface area contributed by atoms with Gasteiger partial charge < -0.3 is 23.9 Å². The minimum atomic E-state index is 0.0883. The van der Waals surface area contributed by atoms with Gasteiger partial charge in [-0.3, -0.25) is 4.79 Å². The van der Waals surface area contributed by atoms with Gasteiger partial charge in [0.2, 0.25) is 5.91 Å². The summed E-state index contributed by atoms with van der Waals surface area (Å²) < 4.78 is 16.1. The average Bonchev–Trinajstić information content (AvgIpc) is 3.39. The number of amides is 1. The van der Waals surface area contributed by atoms with Crippen molar-refractivity contribution in [3.8, 4) is 11.5 Å². The van der Waals surface area contributed by atoms with Crippen molar-refractivity contribution in [2.75, 3.05) is 20.2 Å². The zero-order valence-electron chi connectivity index (χ0n) is 17.1. The molecule has 1 aliphatic rings. The molecule has 0 saturated carbocycles. The summed E-state index contributed by atoms with van der Waals surface area (Å²) in [6.07, 6.45) is 2.29. The van der Waals surface area contributed by atoms with E-state index in [0.717, 1.165) is 22.2 Å². The highest BCUT2D eigenvalue weighted by atomic mass is 16.5. The van der Waals surface area contributed by atoms with Crippen LogP contribution in [-0.2, 0) is 17.8 Å². The standard InChI is InChI=1S/C23H22N4O4/c1-29-17-6-8-18(9-7-17)30-14-21-25-23(26-31-21)16-12-27(13-16)22(28)10-15-11-24-20-5-3-2-4-19(15)20/h2-9,11,16,24H,10,12-14H2,1H3. The fourth-order valence-corrected chi connectivity index (χ4v) is 3.71. The Morgan fingerprint density at radius 1 is 1.16 bits per heavy atom. The van der Waals surface area contributed by atoms with Crippen molar-refractivity contribution in [1.29, 1.82) is 0 Å². The van der Waals surface area contributed by atoms with E-state index in [1.165, 1.54) is 0 Å². The van der Waals surface area contributed by atoms with Crippen LogP contribution in [0.1, 0.15) is 23.2 Å². The van der Waals surface area contributed by atoms with Gasteiger partial charge >= 0.3 is 0 Å². The van der Waals surface area contributed by atoms with Crippen LogP contribution in [0.5, 0.6) is 11.5 Å². The largest absolute Gasteiger partial charge is 0.497 e. The van der Waals surface area contributed by atoms with E-state index in [1.807, 2.05) is 59.6 Å². The van der Waals surface area contributed by atoms with Crippen LogP contribution in [0, 0.1) is 0 Å². The number of nitrogens with zero attached hydrogens (tertiary/aromatic N) is 3. The lowest BCUT2D eigenvalue weighted by Gasteiger charge is -2.37. The molecule has 1 saturated heterocycles. The SMILES string of the molecule is COc1ccc(OCc2nc(C3CN(C(=O)Cc4c[nH]c5ccccc45)C3)no2)cc1. The van der Waals surface area contributed by atoms with Gasteiger partial charge in [-0.25, -0.2) is 0 Å². The smallest absolute Gasteiger partial charge is 0.264 e. The van der Waals surface area contributed by atoms with Gasteiger partial charge in [-0.2, -0.15) is 4.98 Å². The minimum Gasteiger partial charge on any atom is -0.497 e. The van der Waals surface area contributed by atoms with E-state index in [9.17, 15) is 4.79 Å². The number of nitrogens with one attached hydrogen (secondary N) is 1. The Balaban J connectivity index is 1.13. The fourth-order valence-electron chi connectivity index (χ4n) is 3.71. The lowest BCUT2D eigenvalue weighted by atomic mass is 9.98. The summed E-state index contributed by atoms with van der Waals surface area (Å²) in [7, 11) is 1.62. The maximum absolute atomic E-state index is 12.6. The maximum Gasteiger partial charge on any atom is 0.264 e. The van der Waals surface area contributed by atoms with Crippen molar-refractivity contribution in [1.82, 2.24) is 20.0 Å². The first kappa shape index (κ1) is 19.2. The summed E-state index contributed by atoms with van der Waals surface area (Å²) in [5.41, 5.74) is 2.06. The summed E-state index contributed by atoms with van der Waals surface area (Å²) in [6.45, 7) is 1.38. The molecule has 5 rings (SSSR count). The monoisotopic (exact) mass is 418 g/mol. The van der Waals surface area contributed by atoms with Crippen molar-refractivity contribution in [2.24, 2.45) is 0 Å². The number of hydrogen-bond acceptors (Lipinski definition) is 6. The first-order valence-corrected chi connectivity index (χ1v) is 10.1. The Bertz CT molecular complexity index is 1190. The van der Waals surface area contributed by atoms with Crippen molar-refractivity contribution >= 4 is 16.8 Å². The minimum absolute atomic E-state index is 0.0883. The average molecular weight is 418 g/mol. The molecule has 8 nitrogen and oxygen atoms in total. The molecule has 0 aliphatic carbocycles. The highest BCUT2D eigenvalue weighted by molar-refractivity contribution is 5.89. The number of fused-ring (bicyclic) bond motifs is 1. The van der Waals surface area contributed by atoms with E-state index in [0.29, 0.717) is 37.0 Å². The zero-order valence-corrected chi connectivity index (χ0v) is 17.1. The van der Waals surface area contributed by atoms with Gasteiger partial charge in [0.1, 0.15) is 11.5 Å². The molecular formula is C23H22N4O4. The van der Waals surface area contributed by atoms with Crippen molar-refractivity contribution in [3.63, 3.8) is 0 Å². The Labute approximate surface area is 178 Å². The fraction of sp³-hybridized carbons (Fsp3) is 0.261. The van der Waals surface area contributed by atoms with Crippen LogP contribution in [0.3, 0.4) is 0 Å². The number of aromatic amines is 1. The molecule has 1 N–H and O–H groups in total. The summed E-state index contributed by atoms with van der Waals surface area (Å²) in [5.74, 6) is 2.68. The first-order chi connectivity index (χ1) is 15.2. The Kier molecular flexibility index (Phi) is 5.03. The second-order valence-corrected chi connectivity index (χ2v) is 7.54. The van der Waals surface area contributed by atoms with Crippen molar-refractivity contribution in [3.05, 3.63) is 72.0 Å². The normalized spacial score (nSPS) is 13.9. The third kappa shape index (κ3) is 3.96. The third-order valence-electron chi connectivity index (χ3n) is 5.52. The quantitative estimate of drug-likeness (QED) is 0.495. The molecule has 0 bridgehead atoms. The second kappa shape index (κ2) is 8.14. The van der Waals surface area contributed by atoms with Gasteiger partial charge in [0.05, 0.1) is 19.4 Å². The number of benzene rings is 2. The Morgan fingerprint density at radius 3 is 2.74 bits per heavy atom. The first-order valence-electron chi connectivity index (χ1n) is 10.1. The Morgan fingerprint density at radius 2 is 1.94 bits per heavy atom. The molecule has 0 radical (unpaired) electrons. The molecule has 1 amide bonds. The molecule has 158 valence electrons. The number of hydrogen-bond donors (Lipinski definition) is 1. The van der Waals surface area contributed by atoms with E-state index in [1.54, 1.807) is 7.11 Å². The number of aromatic nitrogens is 3. The van der Waals surface area contributed by atoms with Gasteiger partial charge in [0.25, 0.3) is 5.89 Å². The summed E-state index contributed by atoms with van der Waals surface area (Å²) in [6, 6.07) is 15.3. The summed E-state index contributed by atoms with van der Waals surface area (Å²) in [4.78, 5) is 22.1. The summed E-state index contributed by atoms with van der Waals surface area (Å²) in [5, 5.41) is 5.15. The second-order valence-electron chi connectivity index (χ2n) is 7.54. The van der Waals surface area contributed by atoms with Crippen LogP contribution >= 0.6 is 0 Å². The molecule has 0 unspecified atom stereocenters. The van der Waals surface area contributed by atoms with Gasteiger partial charge in [-0.15, -0.1) is 0 Å². The number of carbonyl (C=O) groups is 1. The predicted octanol–water partition coefficient (Wildman–Crippen LogP) is 3.31. The van der Waals surface area contributed by atoms with Gasteiger partial charge in [-0.1, -0.05) is 23.4 Å². The Hall–Kier alpha value is -3.81. The maximum atomic E-state index is 12.6. The summed E-state index contributed by atoms with van der Waals surface area (Å²) >= 11 is 0. The number of methoxy groups -OCH3 is 1.